The van der Waals surface area contributed by atoms with Crippen LogP contribution in [0.5, 0.6) is 5.75 Å². The van der Waals surface area contributed by atoms with Crippen LogP contribution in [0, 0.1) is 0 Å². The Bertz CT molecular complexity index is 565. The average Bonchev–Trinajstić information content (AvgIpc) is 3.02. The minimum atomic E-state index is 0.480. The highest BCUT2D eigenvalue weighted by Crippen LogP contribution is 2.35. The molecule has 112 valence electrons. The summed E-state index contributed by atoms with van der Waals surface area (Å²) in [7, 11) is 0. The Balaban J connectivity index is 1.69. The molecule has 0 amide bonds. The van der Waals surface area contributed by atoms with Gasteiger partial charge in [-0.15, -0.1) is 0 Å². The maximum atomic E-state index is 6.02. The first-order chi connectivity index (χ1) is 10.4. The second-order valence-electron chi connectivity index (χ2n) is 5.44. The van der Waals surface area contributed by atoms with Crippen molar-refractivity contribution in [3.8, 4) is 5.75 Å². The van der Waals surface area contributed by atoms with Gasteiger partial charge in [-0.1, -0.05) is 19.1 Å². The molecule has 1 atom stereocenters. The summed E-state index contributed by atoms with van der Waals surface area (Å²) in [4.78, 5) is 0. The van der Waals surface area contributed by atoms with Gasteiger partial charge in [-0.25, -0.2) is 0 Å². The van der Waals surface area contributed by atoms with E-state index in [1.165, 1.54) is 24.0 Å². The Hall–Kier alpha value is -1.81. The third-order valence-corrected chi connectivity index (χ3v) is 4.05. The van der Waals surface area contributed by atoms with Crippen molar-refractivity contribution in [1.29, 1.82) is 0 Å². The molecule has 0 bridgehead atoms. The van der Waals surface area contributed by atoms with E-state index in [-0.39, 0.29) is 0 Å². The first-order valence-corrected chi connectivity index (χ1v) is 7.84. The van der Waals surface area contributed by atoms with Crippen LogP contribution >= 0.6 is 0 Å². The van der Waals surface area contributed by atoms with Gasteiger partial charge in [0.15, 0.2) is 0 Å². The summed E-state index contributed by atoms with van der Waals surface area (Å²) in [6, 6.07) is 8.86. The van der Waals surface area contributed by atoms with Crippen LogP contribution in [-0.2, 0) is 13.0 Å². The molecular formula is C17H23N3O. The standard InChI is InChI=1S/C17H23N3O/c1-2-18-16-8-3-7-15-14(16)6-4-9-17(15)21-13-12-20-11-5-10-19-20/h4-6,9-11,16,18H,2-3,7-8,12-13H2,1H3. The maximum Gasteiger partial charge on any atom is 0.122 e. The second kappa shape index (κ2) is 6.76. The predicted octanol–water partition coefficient (Wildman–Crippen LogP) is 2.95. The van der Waals surface area contributed by atoms with Gasteiger partial charge in [0.25, 0.3) is 0 Å². The maximum absolute atomic E-state index is 6.02. The molecule has 0 radical (unpaired) electrons. The molecule has 0 saturated carbocycles. The molecule has 2 aromatic rings. The zero-order valence-corrected chi connectivity index (χ0v) is 12.6. The van der Waals surface area contributed by atoms with Crippen LogP contribution in [-0.4, -0.2) is 22.9 Å². The molecule has 4 heteroatoms. The average molecular weight is 285 g/mol. The lowest BCUT2D eigenvalue weighted by Gasteiger charge is -2.27. The highest BCUT2D eigenvalue weighted by atomic mass is 16.5. The Kier molecular flexibility index (Phi) is 4.55. The molecule has 3 rings (SSSR count). The van der Waals surface area contributed by atoms with Gasteiger partial charge < -0.3 is 10.1 Å². The molecule has 0 spiro atoms. The molecule has 21 heavy (non-hydrogen) atoms. The van der Waals surface area contributed by atoms with Crippen molar-refractivity contribution < 1.29 is 4.74 Å². The number of rotatable bonds is 6. The number of ether oxygens (including phenoxy) is 1. The number of nitrogens with one attached hydrogen (secondary N) is 1. The van der Waals surface area contributed by atoms with Crippen LogP contribution in [0.15, 0.2) is 36.7 Å². The smallest absolute Gasteiger partial charge is 0.122 e. The van der Waals surface area contributed by atoms with E-state index in [4.69, 9.17) is 4.74 Å². The van der Waals surface area contributed by atoms with E-state index in [0.29, 0.717) is 12.6 Å². The number of nitrogens with zero attached hydrogens (tertiary/aromatic N) is 2. The van der Waals surface area contributed by atoms with Crippen LogP contribution < -0.4 is 10.1 Å². The summed E-state index contributed by atoms with van der Waals surface area (Å²) in [5.74, 6) is 1.04. The lowest BCUT2D eigenvalue weighted by molar-refractivity contribution is 0.286. The van der Waals surface area contributed by atoms with Gasteiger partial charge in [0.05, 0.1) is 6.54 Å². The van der Waals surface area contributed by atoms with Gasteiger partial charge in [-0.2, -0.15) is 5.10 Å². The summed E-state index contributed by atoms with van der Waals surface area (Å²) >= 11 is 0. The Labute approximate surface area is 126 Å². The van der Waals surface area contributed by atoms with Crippen molar-refractivity contribution in [2.24, 2.45) is 0 Å². The third kappa shape index (κ3) is 3.27. The summed E-state index contributed by atoms with van der Waals surface area (Å²) in [6.45, 7) is 4.62. The SMILES string of the molecule is CCNC1CCCc2c(OCCn3cccn3)cccc21. The quantitative estimate of drug-likeness (QED) is 0.887. The first kappa shape index (κ1) is 14.1. The van der Waals surface area contributed by atoms with E-state index in [0.717, 1.165) is 25.3 Å². The van der Waals surface area contributed by atoms with Crippen molar-refractivity contribution in [3.05, 3.63) is 47.8 Å². The lowest BCUT2D eigenvalue weighted by atomic mass is 9.87. The molecule has 1 aromatic heterocycles. The Morgan fingerprint density at radius 1 is 1.38 bits per heavy atom. The van der Waals surface area contributed by atoms with Crippen LogP contribution in [0.25, 0.3) is 0 Å². The molecule has 1 aliphatic rings. The van der Waals surface area contributed by atoms with Crippen molar-refractivity contribution in [1.82, 2.24) is 15.1 Å². The number of benzene rings is 1. The molecule has 1 aromatic carbocycles. The van der Waals surface area contributed by atoms with E-state index in [1.807, 2.05) is 16.9 Å². The van der Waals surface area contributed by atoms with Gasteiger partial charge in [0.1, 0.15) is 12.4 Å². The molecule has 1 N–H and O–H groups in total. The van der Waals surface area contributed by atoms with Crippen molar-refractivity contribution in [2.75, 3.05) is 13.2 Å². The van der Waals surface area contributed by atoms with Crippen LogP contribution in [0.1, 0.15) is 36.9 Å². The van der Waals surface area contributed by atoms with Gasteiger partial charge in [-0.05, 0) is 49.1 Å². The number of hydrogen-bond acceptors (Lipinski definition) is 3. The number of fused-ring (bicyclic) bond motifs is 1. The summed E-state index contributed by atoms with van der Waals surface area (Å²) in [5, 5.41) is 7.77. The minimum Gasteiger partial charge on any atom is -0.491 e. The third-order valence-electron chi connectivity index (χ3n) is 4.05. The molecule has 1 heterocycles. The van der Waals surface area contributed by atoms with Crippen LogP contribution in [0.4, 0.5) is 0 Å². The molecule has 0 saturated heterocycles. The van der Waals surface area contributed by atoms with E-state index in [2.05, 4.69) is 35.5 Å². The second-order valence-corrected chi connectivity index (χ2v) is 5.44. The fourth-order valence-electron chi connectivity index (χ4n) is 3.09. The van der Waals surface area contributed by atoms with E-state index in [1.54, 1.807) is 6.20 Å². The highest BCUT2D eigenvalue weighted by molar-refractivity contribution is 5.43. The Morgan fingerprint density at radius 2 is 2.33 bits per heavy atom. The van der Waals surface area contributed by atoms with Gasteiger partial charge >= 0.3 is 0 Å². The van der Waals surface area contributed by atoms with E-state index >= 15 is 0 Å². The Morgan fingerprint density at radius 3 is 3.14 bits per heavy atom. The lowest BCUT2D eigenvalue weighted by Crippen LogP contribution is -2.25. The van der Waals surface area contributed by atoms with Crippen molar-refractivity contribution >= 4 is 0 Å². The fourth-order valence-corrected chi connectivity index (χ4v) is 3.09. The van der Waals surface area contributed by atoms with E-state index < -0.39 is 0 Å². The van der Waals surface area contributed by atoms with Crippen molar-refractivity contribution in [2.45, 2.75) is 38.8 Å². The summed E-state index contributed by atoms with van der Waals surface area (Å²) in [5.41, 5.74) is 2.80. The zero-order valence-electron chi connectivity index (χ0n) is 12.6. The molecule has 0 fully saturated rings. The van der Waals surface area contributed by atoms with Gasteiger partial charge in [0.2, 0.25) is 0 Å². The largest absolute Gasteiger partial charge is 0.491 e. The van der Waals surface area contributed by atoms with Crippen molar-refractivity contribution in [3.63, 3.8) is 0 Å². The van der Waals surface area contributed by atoms with Gasteiger partial charge in [0, 0.05) is 18.4 Å². The monoisotopic (exact) mass is 285 g/mol. The van der Waals surface area contributed by atoms with Crippen LogP contribution in [0.2, 0.25) is 0 Å². The zero-order chi connectivity index (χ0) is 14.5. The summed E-state index contributed by atoms with van der Waals surface area (Å²) < 4.78 is 7.92. The fraction of sp³-hybridized carbons (Fsp3) is 0.471. The normalized spacial score (nSPS) is 17.5. The molecular weight excluding hydrogens is 262 g/mol. The topological polar surface area (TPSA) is 39.1 Å². The molecule has 4 nitrogen and oxygen atoms in total. The molecule has 1 aliphatic carbocycles. The number of aromatic nitrogens is 2. The predicted molar refractivity (Wildman–Crippen MR) is 83.5 cm³/mol. The molecule has 1 unspecified atom stereocenters. The van der Waals surface area contributed by atoms with E-state index in [9.17, 15) is 0 Å². The number of hydrogen-bond donors (Lipinski definition) is 1. The van der Waals surface area contributed by atoms with Gasteiger partial charge in [-0.3, -0.25) is 4.68 Å². The molecule has 0 aliphatic heterocycles. The first-order valence-electron chi connectivity index (χ1n) is 7.84. The summed E-state index contributed by atoms with van der Waals surface area (Å²) in [6.07, 6.45) is 7.33. The highest BCUT2D eigenvalue weighted by Gasteiger charge is 2.21. The minimum absolute atomic E-state index is 0.480. The van der Waals surface area contributed by atoms with Crippen LogP contribution in [0.3, 0.4) is 0 Å².